The van der Waals surface area contributed by atoms with Crippen LogP contribution in [0.1, 0.15) is 18.5 Å². The fourth-order valence-corrected chi connectivity index (χ4v) is 1.13. The van der Waals surface area contributed by atoms with Crippen LogP contribution in [0.15, 0.2) is 18.2 Å². The predicted molar refractivity (Wildman–Crippen MR) is 58.6 cm³/mol. The Hall–Kier alpha value is -1.62. The largest absolute Gasteiger partial charge is 0.481 e. The Kier molecular flexibility index (Phi) is 4.25. The Labute approximate surface area is 93.6 Å². The summed E-state index contributed by atoms with van der Waals surface area (Å²) >= 11 is 0. The summed E-state index contributed by atoms with van der Waals surface area (Å²) in [6.45, 7) is 1.56. The first kappa shape index (κ1) is 12.4. The maximum Gasteiger partial charge on any atom is 0.257 e. The van der Waals surface area contributed by atoms with E-state index in [-0.39, 0.29) is 24.3 Å². The SMILES string of the molecule is CNC(=O)COc1ccc([C@H](C)N)cc1F. The van der Waals surface area contributed by atoms with Crippen molar-refractivity contribution in [3.8, 4) is 5.75 Å². The summed E-state index contributed by atoms with van der Waals surface area (Å²) in [6.07, 6.45) is 0. The summed E-state index contributed by atoms with van der Waals surface area (Å²) in [6, 6.07) is 4.22. The molecule has 0 aliphatic carbocycles. The predicted octanol–water partition coefficient (Wildman–Crippen LogP) is 0.970. The molecule has 0 saturated carbocycles. The molecule has 1 atom stereocenters. The number of hydrogen-bond acceptors (Lipinski definition) is 3. The van der Waals surface area contributed by atoms with Crippen LogP contribution in [0.3, 0.4) is 0 Å². The number of ether oxygens (including phenoxy) is 1. The number of halogens is 1. The van der Waals surface area contributed by atoms with Gasteiger partial charge in [-0.05, 0) is 24.6 Å². The zero-order chi connectivity index (χ0) is 12.1. The van der Waals surface area contributed by atoms with Gasteiger partial charge in [0.25, 0.3) is 5.91 Å². The minimum absolute atomic E-state index is 0.0491. The first-order valence-electron chi connectivity index (χ1n) is 4.93. The van der Waals surface area contributed by atoms with E-state index in [9.17, 15) is 9.18 Å². The lowest BCUT2D eigenvalue weighted by atomic mass is 10.1. The van der Waals surface area contributed by atoms with Crippen molar-refractivity contribution < 1.29 is 13.9 Å². The van der Waals surface area contributed by atoms with Crippen LogP contribution in [-0.2, 0) is 4.79 Å². The monoisotopic (exact) mass is 226 g/mol. The maximum absolute atomic E-state index is 13.5. The molecule has 88 valence electrons. The Balaban J connectivity index is 2.72. The van der Waals surface area contributed by atoms with Crippen LogP contribution in [-0.4, -0.2) is 19.6 Å². The van der Waals surface area contributed by atoms with E-state index in [0.29, 0.717) is 5.56 Å². The number of nitrogens with two attached hydrogens (primary N) is 1. The zero-order valence-corrected chi connectivity index (χ0v) is 9.29. The molecule has 4 nitrogen and oxygen atoms in total. The van der Waals surface area contributed by atoms with E-state index in [4.69, 9.17) is 10.5 Å². The summed E-state index contributed by atoms with van der Waals surface area (Å²) in [5.74, 6) is -0.776. The quantitative estimate of drug-likeness (QED) is 0.804. The van der Waals surface area contributed by atoms with E-state index in [1.54, 1.807) is 13.0 Å². The Bertz CT molecular complexity index is 380. The number of nitrogens with one attached hydrogen (secondary N) is 1. The standard InChI is InChI=1S/C11H15FN2O2/c1-7(13)8-3-4-10(9(12)5-8)16-6-11(15)14-2/h3-5,7H,6,13H2,1-2H3,(H,14,15)/t7-/m0/s1. The molecular formula is C11H15FN2O2. The summed E-state index contributed by atoms with van der Waals surface area (Å²) in [5.41, 5.74) is 6.29. The summed E-state index contributed by atoms with van der Waals surface area (Å²) < 4.78 is 18.4. The maximum atomic E-state index is 13.5. The molecule has 0 fully saturated rings. The van der Waals surface area contributed by atoms with Gasteiger partial charge >= 0.3 is 0 Å². The third kappa shape index (κ3) is 3.20. The van der Waals surface area contributed by atoms with Crippen molar-refractivity contribution >= 4 is 5.91 Å². The second-order valence-electron chi connectivity index (χ2n) is 3.44. The number of carbonyl (C=O) groups excluding carboxylic acids is 1. The number of carbonyl (C=O) groups is 1. The Morgan fingerprint density at radius 2 is 2.31 bits per heavy atom. The molecule has 0 spiro atoms. The van der Waals surface area contributed by atoms with Gasteiger partial charge in [0.15, 0.2) is 18.2 Å². The highest BCUT2D eigenvalue weighted by Crippen LogP contribution is 2.20. The van der Waals surface area contributed by atoms with Crippen LogP contribution in [0.4, 0.5) is 4.39 Å². The van der Waals surface area contributed by atoms with Gasteiger partial charge < -0.3 is 15.8 Å². The number of hydrogen-bond donors (Lipinski definition) is 2. The highest BCUT2D eigenvalue weighted by molar-refractivity contribution is 5.77. The van der Waals surface area contributed by atoms with Crippen molar-refractivity contribution in [3.63, 3.8) is 0 Å². The van der Waals surface area contributed by atoms with Crippen LogP contribution < -0.4 is 15.8 Å². The number of rotatable bonds is 4. The van der Waals surface area contributed by atoms with Crippen molar-refractivity contribution in [3.05, 3.63) is 29.6 Å². The summed E-state index contributed by atoms with van der Waals surface area (Å²) in [7, 11) is 1.49. The molecule has 1 aromatic carbocycles. The second-order valence-corrected chi connectivity index (χ2v) is 3.44. The minimum atomic E-state index is -0.515. The summed E-state index contributed by atoms with van der Waals surface area (Å²) in [5, 5.41) is 2.38. The van der Waals surface area contributed by atoms with Crippen LogP contribution in [0.5, 0.6) is 5.75 Å². The number of likely N-dealkylation sites (N-methyl/N-ethyl adjacent to an activating group) is 1. The van der Waals surface area contributed by atoms with Crippen molar-refractivity contribution in [2.24, 2.45) is 5.73 Å². The molecule has 0 saturated heterocycles. The van der Waals surface area contributed by atoms with Crippen molar-refractivity contribution in [2.45, 2.75) is 13.0 Å². The average Bonchev–Trinajstić information content (AvgIpc) is 2.26. The molecule has 1 aromatic rings. The van der Waals surface area contributed by atoms with Gasteiger partial charge in [0.05, 0.1) is 0 Å². The molecule has 1 rings (SSSR count). The first-order chi connectivity index (χ1) is 7.54. The van der Waals surface area contributed by atoms with Gasteiger partial charge in [0, 0.05) is 13.1 Å². The molecule has 0 aliphatic heterocycles. The van der Waals surface area contributed by atoms with Gasteiger partial charge in [0.1, 0.15) is 0 Å². The summed E-state index contributed by atoms with van der Waals surface area (Å²) in [4.78, 5) is 10.9. The Morgan fingerprint density at radius 3 is 2.81 bits per heavy atom. The molecule has 1 amide bonds. The van der Waals surface area contributed by atoms with Gasteiger partial charge in [-0.15, -0.1) is 0 Å². The fourth-order valence-electron chi connectivity index (χ4n) is 1.13. The molecule has 16 heavy (non-hydrogen) atoms. The third-order valence-electron chi connectivity index (χ3n) is 2.12. The Morgan fingerprint density at radius 1 is 1.62 bits per heavy atom. The number of amides is 1. The molecule has 5 heteroatoms. The van der Waals surface area contributed by atoms with Crippen LogP contribution in [0.2, 0.25) is 0 Å². The third-order valence-corrected chi connectivity index (χ3v) is 2.12. The van der Waals surface area contributed by atoms with Crippen molar-refractivity contribution in [2.75, 3.05) is 13.7 Å². The van der Waals surface area contributed by atoms with Gasteiger partial charge in [0.2, 0.25) is 0 Å². The van der Waals surface area contributed by atoms with Crippen LogP contribution in [0, 0.1) is 5.82 Å². The van der Waals surface area contributed by atoms with Gasteiger partial charge in [-0.1, -0.05) is 6.07 Å². The molecule has 0 heterocycles. The van der Waals surface area contributed by atoms with Gasteiger partial charge in [-0.2, -0.15) is 0 Å². The lowest BCUT2D eigenvalue weighted by Crippen LogP contribution is -2.25. The van der Waals surface area contributed by atoms with Crippen molar-refractivity contribution in [1.82, 2.24) is 5.32 Å². The first-order valence-corrected chi connectivity index (χ1v) is 4.93. The van der Waals surface area contributed by atoms with E-state index < -0.39 is 5.82 Å². The van der Waals surface area contributed by atoms with E-state index >= 15 is 0 Å². The van der Waals surface area contributed by atoms with E-state index in [2.05, 4.69) is 5.32 Å². The second kappa shape index (κ2) is 5.46. The molecule has 0 aliphatic rings. The topological polar surface area (TPSA) is 64.3 Å². The minimum Gasteiger partial charge on any atom is -0.481 e. The van der Waals surface area contributed by atoms with E-state index in [0.717, 1.165) is 0 Å². The van der Waals surface area contributed by atoms with Crippen LogP contribution in [0.25, 0.3) is 0 Å². The molecule has 3 N–H and O–H groups in total. The molecule has 0 aromatic heterocycles. The van der Waals surface area contributed by atoms with E-state index in [1.165, 1.54) is 19.2 Å². The highest BCUT2D eigenvalue weighted by atomic mass is 19.1. The molecular weight excluding hydrogens is 211 g/mol. The van der Waals surface area contributed by atoms with E-state index in [1.807, 2.05) is 0 Å². The van der Waals surface area contributed by atoms with Gasteiger partial charge in [-0.3, -0.25) is 4.79 Å². The highest BCUT2D eigenvalue weighted by Gasteiger charge is 2.08. The van der Waals surface area contributed by atoms with Crippen molar-refractivity contribution in [1.29, 1.82) is 0 Å². The smallest absolute Gasteiger partial charge is 0.257 e. The lowest BCUT2D eigenvalue weighted by molar-refractivity contribution is -0.122. The molecule has 0 radical (unpaired) electrons. The van der Waals surface area contributed by atoms with Crippen LogP contribution >= 0.6 is 0 Å². The normalized spacial score (nSPS) is 12.0. The fraction of sp³-hybridized carbons (Fsp3) is 0.364. The molecule has 0 unspecified atom stereocenters. The molecule has 0 bridgehead atoms. The number of benzene rings is 1. The lowest BCUT2D eigenvalue weighted by Gasteiger charge is -2.09. The zero-order valence-electron chi connectivity index (χ0n) is 9.29. The average molecular weight is 226 g/mol. The van der Waals surface area contributed by atoms with Gasteiger partial charge in [-0.25, -0.2) is 4.39 Å².